The summed E-state index contributed by atoms with van der Waals surface area (Å²) in [5, 5.41) is 3.29. The number of halogens is 2. The molecule has 0 bridgehead atoms. The van der Waals surface area contributed by atoms with Crippen molar-refractivity contribution in [2.45, 2.75) is 6.92 Å². The Bertz CT molecular complexity index is 874. The molecule has 1 aromatic heterocycles. The zero-order valence-electron chi connectivity index (χ0n) is 12.9. The lowest BCUT2D eigenvalue weighted by atomic mass is 10.1. The molecule has 1 amide bonds. The van der Waals surface area contributed by atoms with Gasteiger partial charge < -0.3 is 5.32 Å². The van der Waals surface area contributed by atoms with Crippen LogP contribution in [0.2, 0.25) is 5.02 Å². The summed E-state index contributed by atoms with van der Waals surface area (Å²) in [5.74, 6) is -0.613. The van der Waals surface area contributed by atoms with Gasteiger partial charge in [-0.15, -0.1) is 0 Å². The Morgan fingerprint density at radius 1 is 1.08 bits per heavy atom. The molecule has 0 aliphatic carbocycles. The summed E-state index contributed by atoms with van der Waals surface area (Å²) in [6, 6.07) is 13.2. The molecule has 0 saturated heterocycles. The van der Waals surface area contributed by atoms with Gasteiger partial charge in [0.05, 0.1) is 16.3 Å². The van der Waals surface area contributed by atoms with Crippen LogP contribution < -0.4 is 5.32 Å². The van der Waals surface area contributed by atoms with Gasteiger partial charge in [0.15, 0.2) is 0 Å². The number of benzene rings is 2. The smallest absolute Gasteiger partial charge is 0.257 e. The molecule has 1 heterocycles. The zero-order chi connectivity index (χ0) is 17.1. The zero-order valence-corrected chi connectivity index (χ0v) is 13.6. The second-order valence-electron chi connectivity index (χ2n) is 5.36. The Balaban J connectivity index is 1.88. The minimum absolute atomic E-state index is 0.303. The quantitative estimate of drug-likeness (QED) is 0.720. The number of rotatable bonds is 3. The van der Waals surface area contributed by atoms with E-state index in [2.05, 4.69) is 10.3 Å². The molecule has 2 aromatic carbocycles. The van der Waals surface area contributed by atoms with Crippen molar-refractivity contribution in [1.29, 1.82) is 0 Å². The maximum absolute atomic E-state index is 13.0. The summed E-state index contributed by atoms with van der Waals surface area (Å²) < 4.78 is 13.0. The SMILES string of the molecule is Cc1cccc(Cl)c1NC(=O)c1cncc(-c2ccc(F)cc2)c1. The van der Waals surface area contributed by atoms with Gasteiger partial charge in [-0.3, -0.25) is 9.78 Å². The van der Waals surface area contributed by atoms with Crippen molar-refractivity contribution in [3.8, 4) is 11.1 Å². The number of para-hydroxylation sites is 1. The first-order valence-corrected chi connectivity index (χ1v) is 7.70. The summed E-state index contributed by atoms with van der Waals surface area (Å²) >= 11 is 6.14. The molecule has 3 rings (SSSR count). The number of anilines is 1. The highest BCUT2D eigenvalue weighted by Crippen LogP contribution is 2.26. The van der Waals surface area contributed by atoms with E-state index in [9.17, 15) is 9.18 Å². The standard InChI is InChI=1S/C19H14ClFN2O/c1-12-3-2-4-17(20)18(12)23-19(24)15-9-14(10-22-11-15)13-5-7-16(21)8-6-13/h2-11H,1H3,(H,23,24). The minimum atomic E-state index is -0.310. The molecule has 0 aliphatic heterocycles. The monoisotopic (exact) mass is 340 g/mol. The molecule has 3 nitrogen and oxygen atoms in total. The molecule has 1 N–H and O–H groups in total. The van der Waals surface area contributed by atoms with Gasteiger partial charge in [0.2, 0.25) is 0 Å². The summed E-state index contributed by atoms with van der Waals surface area (Å²) in [4.78, 5) is 16.6. The second kappa shape index (κ2) is 6.81. The van der Waals surface area contributed by atoms with Gasteiger partial charge in [0, 0.05) is 18.0 Å². The van der Waals surface area contributed by atoms with Crippen LogP contribution in [0.3, 0.4) is 0 Å². The number of nitrogens with one attached hydrogen (secondary N) is 1. The van der Waals surface area contributed by atoms with Crippen LogP contribution in [0.1, 0.15) is 15.9 Å². The third-order valence-corrected chi connectivity index (χ3v) is 3.95. The largest absolute Gasteiger partial charge is 0.320 e. The van der Waals surface area contributed by atoms with Crippen molar-refractivity contribution < 1.29 is 9.18 Å². The molecule has 0 atom stereocenters. The van der Waals surface area contributed by atoms with Gasteiger partial charge in [-0.2, -0.15) is 0 Å². The van der Waals surface area contributed by atoms with Crippen molar-refractivity contribution in [2.24, 2.45) is 0 Å². The van der Waals surface area contributed by atoms with Crippen molar-refractivity contribution >= 4 is 23.2 Å². The molecule has 0 unspecified atom stereocenters. The van der Waals surface area contributed by atoms with Crippen LogP contribution in [0.4, 0.5) is 10.1 Å². The number of pyridine rings is 1. The fourth-order valence-corrected chi connectivity index (χ4v) is 2.61. The number of amides is 1. The van der Waals surface area contributed by atoms with Crippen molar-refractivity contribution in [3.63, 3.8) is 0 Å². The van der Waals surface area contributed by atoms with E-state index in [1.807, 2.05) is 19.1 Å². The molecule has 3 aromatic rings. The second-order valence-corrected chi connectivity index (χ2v) is 5.76. The van der Waals surface area contributed by atoms with E-state index in [0.29, 0.717) is 16.3 Å². The van der Waals surface area contributed by atoms with Crippen LogP contribution in [-0.2, 0) is 0 Å². The third kappa shape index (κ3) is 3.44. The summed E-state index contributed by atoms with van der Waals surface area (Å²) in [5.41, 5.74) is 3.37. The van der Waals surface area contributed by atoms with Crippen LogP contribution >= 0.6 is 11.6 Å². The van der Waals surface area contributed by atoms with E-state index in [1.54, 1.807) is 30.5 Å². The van der Waals surface area contributed by atoms with E-state index in [0.717, 1.165) is 16.7 Å². The fourth-order valence-electron chi connectivity index (χ4n) is 2.34. The van der Waals surface area contributed by atoms with E-state index >= 15 is 0 Å². The number of nitrogens with zero attached hydrogens (tertiary/aromatic N) is 1. The van der Waals surface area contributed by atoms with Crippen molar-refractivity contribution in [3.05, 3.63) is 82.9 Å². The lowest BCUT2D eigenvalue weighted by molar-refractivity contribution is 0.102. The molecule has 5 heteroatoms. The lowest BCUT2D eigenvalue weighted by Gasteiger charge is -2.11. The number of carbonyl (C=O) groups is 1. The molecule has 0 saturated carbocycles. The Labute approximate surface area is 144 Å². The molecule has 0 fully saturated rings. The Hall–Kier alpha value is -2.72. The first kappa shape index (κ1) is 16.1. The van der Waals surface area contributed by atoms with Crippen LogP contribution in [0.15, 0.2) is 60.9 Å². The van der Waals surface area contributed by atoms with E-state index in [-0.39, 0.29) is 11.7 Å². The lowest BCUT2D eigenvalue weighted by Crippen LogP contribution is -2.13. The number of hydrogen-bond donors (Lipinski definition) is 1. The molecule has 120 valence electrons. The molecule has 0 aliphatic rings. The molecule has 24 heavy (non-hydrogen) atoms. The number of aryl methyl sites for hydroxylation is 1. The number of carbonyl (C=O) groups excluding carboxylic acids is 1. The maximum Gasteiger partial charge on any atom is 0.257 e. The maximum atomic E-state index is 13.0. The van der Waals surface area contributed by atoms with Crippen LogP contribution in [-0.4, -0.2) is 10.9 Å². The first-order valence-electron chi connectivity index (χ1n) is 7.32. The van der Waals surface area contributed by atoms with Crippen molar-refractivity contribution in [1.82, 2.24) is 4.98 Å². The number of hydrogen-bond acceptors (Lipinski definition) is 2. The van der Waals surface area contributed by atoms with Gasteiger partial charge in [0.25, 0.3) is 5.91 Å². The van der Waals surface area contributed by atoms with Gasteiger partial charge >= 0.3 is 0 Å². The Morgan fingerprint density at radius 3 is 2.54 bits per heavy atom. The van der Waals surface area contributed by atoms with Gasteiger partial charge in [0.1, 0.15) is 5.82 Å². The van der Waals surface area contributed by atoms with Crippen molar-refractivity contribution in [2.75, 3.05) is 5.32 Å². The van der Waals surface area contributed by atoms with Gasteiger partial charge in [-0.1, -0.05) is 35.9 Å². The van der Waals surface area contributed by atoms with E-state index in [4.69, 9.17) is 11.6 Å². The van der Waals surface area contributed by atoms with Gasteiger partial charge in [-0.25, -0.2) is 4.39 Å². The third-order valence-electron chi connectivity index (χ3n) is 3.64. The van der Waals surface area contributed by atoms with Crippen LogP contribution in [0.5, 0.6) is 0 Å². The minimum Gasteiger partial charge on any atom is -0.320 e. The predicted octanol–water partition coefficient (Wildman–Crippen LogP) is 5.10. The van der Waals surface area contributed by atoms with Crippen LogP contribution in [0.25, 0.3) is 11.1 Å². The predicted molar refractivity (Wildman–Crippen MR) is 93.8 cm³/mol. The molecule has 0 radical (unpaired) electrons. The average molecular weight is 341 g/mol. The Morgan fingerprint density at radius 2 is 1.83 bits per heavy atom. The normalized spacial score (nSPS) is 10.5. The highest BCUT2D eigenvalue weighted by Gasteiger charge is 2.12. The number of aromatic nitrogens is 1. The molecule has 0 spiro atoms. The van der Waals surface area contributed by atoms with Crippen LogP contribution in [0, 0.1) is 12.7 Å². The molecular formula is C19H14ClFN2O. The van der Waals surface area contributed by atoms with E-state index in [1.165, 1.54) is 18.3 Å². The highest BCUT2D eigenvalue weighted by molar-refractivity contribution is 6.34. The Kier molecular flexibility index (Phi) is 4.58. The summed E-state index contributed by atoms with van der Waals surface area (Å²) in [6.07, 6.45) is 3.11. The first-order chi connectivity index (χ1) is 11.5. The average Bonchev–Trinajstić information content (AvgIpc) is 2.59. The van der Waals surface area contributed by atoms with Gasteiger partial charge in [-0.05, 0) is 42.3 Å². The summed E-state index contributed by atoms with van der Waals surface area (Å²) in [7, 11) is 0. The summed E-state index contributed by atoms with van der Waals surface area (Å²) in [6.45, 7) is 1.87. The highest BCUT2D eigenvalue weighted by atomic mass is 35.5. The molecular weight excluding hydrogens is 327 g/mol. The van der Waals surface area contributed by atoms with E-state index < -0.39 is 0 Å². The fraction of sp³-hybridized carbons (Fsp3) is 0.0526. The topological polar surface area (TPSA) is 42.0 Å².